The molecule has 2 rings (SSSR count). The summed E-state index contributed by atoms with van der Waals surface area (Å²) in [7, 11) is 0. The van der Waals surface area contributed by atoms with Gasteiger partial charge in [-0.1, -0.05) is 57.0 Å². The molecule has 1 aromatic rings. The second-order valence-corrected chi connectivity index (χ2v) is 6.33. The van der Waals surface area contributed by atoms with Crippen molar-refractivity contribution in [3.05, 3.63) is 35.9 Å². The summed E-state index contributed by atoms with van der Waals surface area (Å²) in [5, 5.41) is 3.08. The Morgan fingerprint density at radius 1 is 1.24 bits per heavy atom. The van der Waals surface area contributed by atoms with Gasteiger partial charge < -0.3 is 11.1 Å². The van der Waals surface area contributed by atoms with E-state index in [1.54, 1.807) is 0 Å². The van der Waals surface area contributed by atoms with Crippen LogP contribution in [0.3, 0.4) is 0 Å². The summed E-state index contributed by atoms with van der Waals surface area (Å²) in [5.41, 5.74) is 6.84. The van der Waals surface area contributed by atoms with Crippen molar-refractivity contribution in [2.45, 2.75) is 51.0 Å². The predicted molar refractivity (Wildman–Crippen MR) is 89.7 cm³/mol. The van der Waals surface area contributed by atoms with Gasteiger partial charge in [0.05, 0.1) is 5.54 Å². The minimum absolute atomic E-state index is 0. The summed E-state index contributed by atoms with van der Waals surface area (Å²) in [6.45, 7) is 5.05. The third-order valence-electron chi connectivity index (χ3n) is 4.46. The SMILES string of the molecule is CC(C)C(CNC(=O)C1(N)CCCC1)c1ccccc1.Cl. The third-order valence-corrected chi connectivity index (χ3v) is 4.46. The van der Waals surface area contributed by atoms with Gasteiger partial charge in [0.2, 0.25) is 5.91 Å². The molecular weight excluding hydrogens is 284 g/mol. The lowest BCUT2D eigenvalue weighted by Gasteiger charge is -2.26. The highest BCUT2D eigenvalue weighted by Gasteiger charge is 2.37. The van der Waals surface area contributed by atoms with Crippen LogP contribution < -0.4 is 11.1 Å². The van der Waals surface area contributed by atoms with Crippen LogP contribution in [0.5, 0.6) is 0 Å². The van der Waals surface area contributed by atoms with Crippen LogP contribution in [-0.2, 0) is 4.79 Å². The largest absolute Gasteiger partial charge is 0.354 e. The summed E-state index contributed by atoms with van der Waals surface area (Å²) in [4.78, 5) is 12.3. The zero-order valence-corrected chi connectivity index (χ0v) is 13.8. The normalized spacial score (nSPS) is 18.1. The molecule has 3 N–H and O–H groups in total. The van der Waals surface area contributed by atoms with E-state index in [2.05, 4.69) is 31.3 Å². The zero-order chi connectivity index (χ0) is 14.6. The summed E-state index contributed by atoms with van der Waals surface area (Å²) in [6.07, 6.45) is 3.76. The van der Waals surface area contributed by atoms with Gasteiger partial charge in [-0.3, -0.25) is 4.79 Å². The molecule has 0 radical (unpaired) electrons. The molecule has 1 unspecified atom stereocenters. The first-order chi connectivity index (χ1) is 9.53. The van der Waals surface area contributed by atoms with E-state index in [1.165, 1.54) is 5.56 Å². The Hall–Kier alpha value is -1.06. The minimum Gasteiger partial charge on any atom is -0.354 e. The highest BCUT2D eigenvalue weighted by molar-refractivity contribution is 5.86. The molecule has 1 atom stereocenters. The van der Waals surface area contributed by atoms with E-state index in [4.69, 9.17) is 5.73 Å². The van der Waals surface area contributed by atoms with Gasteiger partial charge >= 0.3 is 0 Å². The summed E-state index contributed by atoms with van der Waals surface area (Å²) in [5.74, 6) is 0.844. The van der Waals surface area contributed by atoms with Crippen LogP contribution in [-0.4, -0.2) is 18.0 Å². The first-order valence-corrected chi connectivity index (χ1v) is 7.65. The lowest BCUT2D eigenvalue weighted by atomic mass is 9.88. The number of hydrogen-bond donors (Lipinski definition) is 2. The van der Waals surface area contributed by atoms with E-state index >= 15 is 0 Å². The van der Waals surface area contributed by atoms with E-state index in [9.17, 15) is 4.79 Å². The van der Waals surface area contributed by atoms with Crippen molar-refractivity contribution >= 4 is 18.3 Å². The topological polar surface area (TPSA) is 55.1 Å². The third kappa shape index (κ3) is 4.45. The van der Waals surface area contributed by atoms with Gasteiger partial charge in [0, 0.05) is 12.5 Å². The highest BCUT2D eigenvalue weighted by Crippen LogP contribution is 2.28. The Morgan fingerprint density at radius 2 is 1.81 bits per heavy atom. The zero-order valence-electron chi connectivity index (χ0n) is 13.0. The van der Waals surface area contributed by atoms with Crippen LogP contribution >= 0.6 is 12.4 Å². The van der Waals surface area contributed by atoms with Crippen LogP contribution in [0.1, 0.15) is 51.0 Å². The van der Waals surface area contributed by atoms with E-state index in [1.807, 2.05) is 18.2 Å². The van der Waals surface area contributed by atoms with Crippen LogP contribution in [0.15, 0.2) is 30.3 Å². The number of rotatable bonds is 5. The maximum Gasteiger partial charge on any atom is 0.240 e. The van der Waals surface area contributed by atoms with Crippen LogP contribution in [0.4, 0.5) is 0 Å². The van der Waals surface area contributed by atoms with Crippen molar-refractivity contribution in [3.8, 4) is 0 Å². The van der Waals surface area contributed by atoms with Gasteiger partial charge in [0.25, 0.3) is 0 Å². The molecule has 1 amide bonds. The Balaban J connectivity index is 0.00000220. The van der Waals surface area contributed by atoms with Gasteiger partial charge in [-0.05, 0) is 24.3 Å². The van der Waals surface area contributed by atoms with Crippen molar-refractivity contribution in [2.24, 2.45) is 11.7 Å². The predicted octanol–water partition coefficient (Wildman–Crippen LogP) is 3.24. The maximum atomic E-state index is 12.3. The molecule has 0 aromatic heterocycles. The van der Waals surface area contributed by atoms with Gasteiger partial charge in [-0.25, -0.2) is 0 Å². The number of halogens is 1. The molecule has 1 aliphatic rings. The fourth-order valence-corrected chi connectivity index (χ4v) is 3.05. The summed E-state index contributed by atoms with van der Waals surface area (Å²) < 4.78 is 0. The Bertz CT molecular complexity index is 441. The fourth-order valence-electron chi connectivity index (χ4n) is 3.05. The van der Waals surface area contributed by atoms with Crippen LogP contribution in [0.2, 0.25) is 0 Å². The van der Waals surface area contributed by atoms with Crippen molar-refractivity contribution in [2.75, 3.05) is 6.54 Å². The molecule has 4 heteroatoms. The van der Waals surface area contributed by atoms with Crippen molar-refractivity contribution in [3.63, 3.8) is 0 Å². The smallest absolute Gasteiger partial charge is 0.240 e. The molecule has 1 fully saturated rings. The average Bonchev–Trinajstić information content (AvgIpc) is 2.88. The van der Waals surface area contributed by atoms with Gasteiger partial charge in [0.15, 0.2) is 0 Å². The quantitative estimate of drug-likeness (QED) is 0.877. The van der Waals surface area contributed by atoms with Gasteiger partial charge in [0.1, 0.15) is 0 Å². The standard InChI is InChI=1S/C17H26N2O.ClH/c1-13(2)15(14-8-4-3-5-9-14)12-19-16(20)17(18)10-6-7-11-17;/h3-5,8-9,13,15H,6-7,10-12,18H2,1-2H3,(H,19,20);1H. The van der Waals surface area contributed by atoms with E-state index < -0.39 is 5.54 Å². The number of hydrogen-bond acceptors (Lipinski definition) is 2. The van der Waals surface area contributed by atoms with E-state index in [0.29, 0.717) is 18.4 Å². The molecule has 1 aromatic carbocycles. The van der Waals surface area contributed by atoms with Crippen molar-refractivity contribution in [1.82, 2.24) is 5.32 Å². The van der Waals surface area contributed by atoms with Gasteiger partial charge in [-0.15, -0.1) is 12.4 Å². The van der Waals surface area contributed by atoms with E-state index in [0.717, 1.165) is 25.7 Å². The van der Waals surface area contributed by atoms with Crippen LogP contribution in [0, 0.1) is 5.92 Å². The lowest BCUT2D eigenvalue weighted by Crippen LogP contribution is -2.52. The Kier molecular flexibility index (Phi) is 6.69. The Morgan fingerprint density at radius 3 is 2.33 bits per heavy atom. The Labute approximate surface area is 134 Å². The molecule has 118 valence electrons. The molecular formula is C17H27ClN2O. The molecule has 0 heterocycles. The summed E-state index contributed by atoms with van der Waals surface area (Å²) >= 11 is 0. The molecule has 21 heavy (non-hydrogen) atoms. The number of nitrogens with two attached hydrogens (primary N) is 1. The molecule has 0 saturated heterocycles. The van der Waals surface area contributed by atoms with Crippen LogP contribution in [0.25, 0.3) is 0 Å². The minimum atomic E-state index is -0.627. The first-order valence-electron chi connectivity index (χ1n) is 7.65. The molecule has 1 aliphatic carbocycles. The molecule has 0 aliphatic heterocycles. The number of nitrogens with one attached hydrogen (secondary N) is 1. The van der Waals surface area contributed by atoms with Gasteiger partial charge in [-0.2, -0.15) is 0 Å². The highest BCUT2D eigenvalue weighted by atomic mass is 35.5. The second kappa shape index (κ2) is 7.81. The van der Waals surface area contributed by atoms with Crippen molar-refractivity contribution < 1.29 is 4.79 Å². The number of carbonyl (C=O) groups is 1. The average molecular weight is 311 g/mol. The molecule has 3 nitrogen and oxygen atoms in total. The number of benzene rings is 1. The summed E-state index contributed by atoms with van der Waals surface area (Å²) in [6, 6.07) is 10.4. The van der Waals surface area contributed by atoms with E-state index in [-0.39, 0.29) is 18.3 Å². The number of amides is 1. The second-order valence-electron chi connectivity index (χ2n) is 6.33. The monoisotopic (exact) mass is 310 g/mol. The maximum absolute atomic E-state index is 12.3. The first kappa shape index (κ1) is 18.0. The molecule has 0 bridgehead atoms. The lowest BCUT2D eigenvalue weighted by molar-refractivity contribution is -0.126. The number of carbonyl (C=O) groups excluding carboxylic acids is 1. The molecule has 0 spiro atoms. The fraction of sp³-hybridized carbons (Fsp3) is 0.588. The molecule has 1 saturated carbocycles. The van der Waals surface area contributed by atoms with Crippen molar-refractivity contribution in [1.29, 1.82) is 0 Å².